The molecule has 4 heteroatoms. The molecule has 0 unspecified atom stereocenters. The molecule has 1 aromatic carbocycles. The Kier molecular flexibility index (Phi) is 2.57. The number of nitrogens with two attached hydrogens (primary N) is 1. The molecule has 2 heterocycles. The van der Waals surface area contributed by atoms with Gasteiger partial charge >= 0.3 is 0 Å². The van der Waals surface area contributed by atoms with Gasteiger partial charge in [-0.2, -0.15) is 0 Å². The van der Waals surface area contributed by atoms with E-state index in [2.05, 4.69) is 27.3 Å². The number of nitrogens with zero attached hydrogens (tertiary/aromatic N) is 2. The second-order valence-corrected chi connectivity index (χ2v) is 4.31. The monoisotopic (exact) mass is 228 g/mol. The molecule has 0 bridgehead atoms. The lowest BCUT2D eigenvalue weighted by Crippen LogP contribution is -2.43. The molecule has 2 aromatic rings. The average molecular weight is 228 g/mol. The summed E-state index contributed by atoms with van der Waals surface area (Å²) in [5.74, 6) is 0. The summed E-state index contributed by atoms with van der Waals surface area (Å²) in [4.78, 5) is 6.76. The van der Waals surface area contributed by atoms with E-state index in [9.17, 15) is 0 Å². The predicted octanol–water partition coefficient (Wildman–Crippen LogP) is 1.23. The minimum atomic E-state index is 0.750. The van der Waals surface area contributed by atoms with Crippen LogP contribution >= 0.6 is 0 Å². The maximum atomic E-state index is 5.96. The Bertz CT molecular complexity index is 532. The molecule has 0 amide bonds. The SMILES string of the molecule is Nc1cccc2c(N3CCNCC3)ccnc12. The van der Waals surface area contributed by atoms with Crippen LogP contribution in [0, 0.1) is 0 Å². The molecule has 0 radical (unpaired) electrons. The van der Waals surface area contributed by atoms with Crippen molar-refractivity contribution in [2.24, 2.45) is 0 Å². The summed E-state index contributed by atoms with van der Waals surface area (Å²) in [6.07, 6.45) is 1.84. The summed E-state index contributed by atoms with van der Waals surface area (Å²) in [6, 6.07) is 8.06. The standard InChI is InChI=1S/C13H16N4/c14-11-3-1-2-10-12(4-5-16-13(10)11)17-8-6-15-7-9-17/h1-5,15H,6-9,14H2. The predicted molar refractivity (Wildman–Crippen MR) is 71.2 cm³/mol. The van der Waals surface area contributed by atoms with Gasteiger partial charge in [0.15, 0.2) is 0 Å². The summed E-state index contributed by atoms with van der Waals surface area (Å²) in [7, 11) is 0. The van der Waals surface area contributed by atoms with Crippen LogP contribution < -0.4 is 16.0 Å². The molecule has 1 saturated heterocycles. The van der Waals surface area contributed by atoms with Gasteiger partial charge in [-0.1, -0.05) is 12.1 Å². The van der Waals surface area contributed by atoms with Gasteiger partial charge in [-0.15, -0.1) is 0 Å². The van der Waals surface area contributed by atoms with Crippen molar-refractivity contribution in [1.82, 2.24) is 10.3 Å². The van der Waals surface area contributed by atoms with E-state index in [4.69, 9.17) is 5.73 Å². The van der Waals surface area contributed by atoms with Crippen LogP contribution in [0.2, 0.25) is 0 Å². The van der Waals surface area contributed by atoms with Crippen LogP contribution in [0.4, 0.5) is 11.4 Å². The second kappa shape index (κ2) is 4.22. The van der Waals surface area contributed by atoms with Crippen molar-refractivity contribution in [3.8, 4) is 0 Å². The van der Waals surface area contributed by atoms with E-state index in [0.29, 0.717) is 0 Å². The van der Waals surface area contributed by atoms with Crippen molar-refractivity contribution in [1.29, 1.82) is 0 Å². The third-order valence-electron chi connectivity index (χ3n) is 3.24. The fourth-order valence-corrected chi connectivity index (χ4v) is 2.37. The van der Waals surface area contributed by atoms with E-state index in [1.54, 1.807) is 0 Å². The van der Waals surface area contributed by atoms with Gasteiger partial charge in [0, 0.05) is 43.4 Å². The first-order valence-electron chi connectivity index (χ1n) is 5.95. The number of benzene rings is 1. The van der Waals surface area contributed by atoms with Crippen LogP contribution in [-0.4, -0.2) is 31.2 Å². The van der Waals surface area contributed by atoms with Gasteiger partial charge in [0.1, 0.15) is 0 Å². The maximum absolute atomic E-state index is 5.96. The third kappa shape index (κ3) is 1.80. The lowest BCUT2D eigenvalue weighted by atomic mass is 10.1. The van der Waals surface area contributed by atoms with E-state index < -0.39 is 0 Å². The summed E-state index contributed by atoms with van der Waals surface area (Å²) in [5, 5.41) is 4.51. The zero-order chi connectivity index (χ0) is 11.7. The van der Waals surface area contributed by atoms with Gasteiger partial charge in [0.25, 0.3) is 0 Å². The normalized spacial score (nSPS) is 16.4. The number of nitrogens with one attached hydrogen (secondary N) is 1. The van der Waals surface area contributed by atoms with Crippen LogP contribution in [-0.2, 0) is 0 Å². The van der Waals surface area contributed by atoms with Crippen LogP contribution in [0.25, 0.3) is 10.9 Å². The van der Waals surface area contributed by atoms with Crippen molar-refractivity contribution in [2.75, 3.05) is 36.8 Å². The Balaban J connectivity index is 2.12. The summed E-state index contributed by atoms with van der Waals surface area (Å²) < 4.78 is 0. The molecule has 0 aliphatic carbocycles. The average Bonchev–Trinajstić information content (AvgIpc) is 2.40. The Morgan fingerprint density at radius 2 is 2.00 bits per heavy atom. The van der Waals surface area contributed by atoms with Crippen molar-refractivity contribution < 1.29 is 0 Å². The van der Waals surface area contributed by atoms with Gasteiger partial charge in [0.05, 0.1) is 11.2 Å². The highest BCUT2D eigenvalue weighted by molar-refractivity contribution is 5.98. The first kappa shape index (κ1) is 10.4. The van der Waals surface area contributed by atoms with E-state index >= 15 is 0 Å². The molecule has 1 aliphatic rings. The van der Waals surface area contributed by atoms with E-state index in [0.717, 1.165) is 42.8 Å². The van der Waals surface area contributed by atoms with Gasteiger partial charge in [-0.3, -0.25) is 4.98 Å². The van der Waals surface area contributed by atoms with Crippen molar-refractivity contribution in [2.45, 2.75) is 0 Å². The smallest absolute Gasteiger partial charge is 0.0951 e. The van der Waals surface area contributed by atoms with Crippen molar-refractivity contribution in [3.63, 3.8) is 0 Å². The van der Waals surface area contributed by atoms with Gasteiger partial charge in [-0.25, -0.2) is 0 Å². The lowest BCUT2D eigenvalue weighted by molar-refractivity contribution is 0.590. The minimum absolute atomic E-state index is 0.750. The van der Waals surface area contributed by atoms with Crippen LogP contribution in [0.3, 0.4) is 0 Å². The number of para-hydroxylation sites is 1. The zero-order valence-electron chi connectivity index (χ0n) is 9.69. The first-order valence-corrected chi connectivity index (χ1v) is 5.95. The molecule has 4 nitrogen and oxygen atoms in total. The molecule has 3 N–H and O–H groups in total. The molecule has 88 valence electrons. The number of nitrogen functional groups attached to an aromatic ring is 1. The number of piperazine rings is 1. The van der Waals surface area contributed by atoms with Crippen molar-refractivity contribution >= 4 is 22.3 Å². The lowest BCUT2D eigenvalue weighted by Gasteiger charge is -2.30. The Labute approximate surface area is 100 Å². The molecule has 3 rings (SSSR count). The highest BCUT2D eigenvalue weighted by atomic mass is 15.2. The van der Waals surface area contributed by atoms with Crippen molar-refractivity contribution in [3.05, 3.63) is 30.5 Å². The van der Waals surface area contributed by atoms with Crippen LogP contribution in [0.5, 0.6) is 0 Å². The fraction of sp³-hybridized carbons (Fsp3) is 0.308. The Morgan fingerprint density at radius 1 is 1.18 bits per heavy atom. The van der Waals surface area contributed by atoms with Gasteiger partial charge in [-0.05, 0) is 12.1 Å². The number of hydrogen-bond acceptors (Lipinski definition) is 4. The number of fused-ring (bicyclic) bond motifs is 1. The largest absolute Gasteiger partial charge is 0.397 e. The third-order valence-corrected chi connectivity index (χ3v) is 3.24. The first-order chi connectivity index (χ1) is 8.36. The zero-order valence-corrected chi connectivity index (χ0v) is 9.69. The molecule has 0 atom stereocenters. The fourth-order valence-electron chi connectivity index (χ4n) is 2.37. The summed E-state index contributed by atoms with van der Waals surface area (Å²) >= 11 is 0. The molecular formula is C13H16N4. The van der Waals surface area contributed by atoms with E-state index in [-0.39, 0.29) is 0 Å². The van der Waals surface area contributed by atoms with E-state index in [1.165, 1.54) is 5.69 Å². The molecule has 17 heavy (non-hydrogen) atoms. The number of anilines is 2. The molecule has 1 aliphatic heterocycles. The van der Waals surface area contributed by atoms with Crippen LogP contribution in [0.1, 0.15) is 0 Å². The molecular weight excluding hydrogens is 212 g/mol. The minimum Gasteiger partial charge on any atom is -0.397 e. The number of pyridine rings is 1. The quantitative estimate of drug-likeness (QED) is 0.721. The number of aromatic nitrogens is 1. The summed E-state index contributed by atoms with van der Waals surface area (Å²) in [6.45, 7) is 4.14. The highest BCUT2D eigenvalue weighted by Gasteiger charge is 2.13. The maximum Gasteiger partial charge on any atom is 0.0951 e. The highest BCUT2D eigenvalue weighted by Crippen LogP contribution is 2.28. The molecule has 1 aromatic heterocycles. The summed E-state index contributed by atoms with van der Waals surface area (Å²) in [5.41, 5.74) is 8.86. The number of hydrogen-bond donors (Lipinski definition) is 2. The van der Waals surface area contributed by atoms with Gasteiger partial charge < -0.3 is 16.0 Å². The Hall–Kier alpha value is -1.81. The second-order valence-electron chi connectivity index (χ2n) is 4.31. The van der Waals surface area contributed by atoms with Gasteiger partial charge in [0.2, 0.25) is 0 Å². The molecule has 1 fully saturated rings. The molecule has 0 saturated carbocycles. The Morgan fingerprint density at radius 3 is 2.82 bits per heavy atom. The van der Waals surface area contributed by atoms with Crippen LogP contribution in [0.15, 0.2) is 30.5 Å². The molecule has 0 spiro atoms. The number of rotatable bonds is 1. The topological polar surface area (TPSA) is 54.2 Å². The van der Waals surface area contributed by atoms with E-state index in [1.807, 2.05) is 18.3 Å².